The quantitative estimate of drug-likeness (QED) is 0.727. The molecule has 2 fully saturated rings. The summed E-state index contributed by atoms with van der Waals surface area (Å²) in [5.74, 6) is 1.93. The van der Waals surface area contributed by atoms with Crippen LogP contribution in [0.5, 0.6) is 0 Å². The van der Waals surface area contributed by atoms with Crippen LogP contribution in [0, 0.1) is 11.8 Å². The summed E-state index contributed by atoms with van der Waals surface area (Å²) in [6.07, 6.45) is 9.87. The molecule has 98 valence electrons. The maximum atomic E-state index is 12.1. The predicted octanol–water partition coefficient (Wildman–Crippen LogP) is 3.59. The molecule has 1 aliphatic carbocycles. The van der Waals surface area contributed by atoms with Crippen molar-refractivity contribution in [2.45, 2.75) is 51.4 Å². The zero-order valence-electron chi connectivity index (χ0n) is 10.7. The monoisotopic (exact) mass is 301 g/mol. The van der Waals surface area contributed by atoms with Gasteiger partial charge in [0.05, 0.1) is 0 Å². The Labute approximate surface area is 113 Å². The van der Waals surface area contributed by atoms with Crippen molar-refractivity contribution in [2.75, 3.05) is 18.4 Å². The van der Waals surface area contributed by atoms with Crippen molar-refractivity contribution >= 4 is 21.8 Å². The Bertz CT molecular complexity index is 251. The molecule has 2 nitrogen and oxygen atoms in total. The Morgan fingerprint density at radius 3 is 2.53 bits per heavy atom. The van der Waals surface area contributed by atoms with Crippen molar-refractivity contribution in [3.05, 3.63) is 0 Å². The Hall–Kier alpha value is -0.0500. The lowest BCUT2D eigenvalue weighted by Crippen LogP contribution is -2.40. The lowest BCUT2D eigenvalue weighted by atomic mass is 9.98. The van der Waals surface area contributed by atoms with Crippen molar-refractivity contribution in [1.29, 1.82) is 0 Å². The topological polar surface area (TPSA) is 20.3 Å². The molecule has 1 atom stereocenters. The highest BCUT2D eigenvalue weighted by atomic mass is 79.9. The van der Waals surface area contributed by atoms with Gasteiger partial charge in [-0.2, -0.15) is 0 Å². The molecule has 1 unspecified atom stereocenters. The van der Waals surface area contributed by atoms with E-state index in [0.717, 1.165) is 37.2 Å². The smallest absolute Gasteiger partial charge is 0.222 e. The first kappa shape index (κ1) is 13.4. The number of carbonyl (C=O) groups is 1. The summed E-state index contributed by atoms with van der Waals surface area (Å²) in [7, 11) is 0. The van der Waals surface area contributed by atoms with Crippen molar-refractivity contribution in [3.8, 4) is 0 Å². The molecule has 0 N–H and O–H groups in total. The van der Waals surface area contributed by atoms with Crippen LogP contribution < -0.4 is 0 Å². The molecule has 0 radical (unpaired) electrons. The van der Waals surface area contributed by atoms with E-state index in [4.69, 9.17) is 0 Å². The first-order chi connectivity index (χ1) is 8.29. The van der Waals surface area contributed by atoms with Gasteiger partial charge in [0.25, 0.3) is 0 Å². The van der Waals surface area contributed by atoms with E-state index in [9.17, 15) is 4.79 Å². The van der Waals surface area contributed by atoms with Crippen LogP contribution in [0.3, 0.4) is 0 Å². The molecule has 1 amide bonds. The lowest BCUT2D eigenvalue weighted by Gasteiger charge is -2.32. The minimum atomic E-state index is 0.405. The van der Waals surface area contributed by atoms with E-state index in [1.165, 1.54) is 38.5 Å². The van der Waals surface area contributed by atoms with Crippen LogP contribution in [0.15, 0.2) is 0 Å². The van der Waals surface area contributed by atoms with Crippen LogP contribution >= 0.6 is 15.9 Å². The van der Waals surface area contributed by atoms with E-state index in [0.29, 0.717) is 11.8 Å². The Morgan fingerprint density at radius 1 is 1.12 bits per heavy atom. The maximum absolute atomic E-state index is 12.1. The van der Waals surface area contributed by atoms with E-state index in [2.05, 4.69) is 20.8 Å². The zero-order valence-corrected chi connectivity index (χ0v) is 12.3. The Morgan fingerprint density at radius 2 is 1.82 bits per heavy atom. The molecular formula is C14H24BrNO. The molecule has 0 aromatic rings. The van der Waals surface area contributed by atoms with Crippen LogP contribution in [-0.2, 0) is 4.79 Å². The average molecular weight is 302 g/mol. The van der Waals surface area contributed by atoms with Gasteiger partial charge in [0.2, 0.25) is 5.91 Å². The molecule has 1 saturated heterocycles. The highest BCUT2D eigenvalue weighted by molar-refractivity contribution is 9.09. The molecule has 2 aliphatic rings. The normalized spacial score (nSPS) is 26.4. The SMILES string of the molecule is O=C(CCC1CCCC1)N1CCCC(CBr)C1. The van der Waals surface area contributed by atoms with Crippen molar-refractivity contribution < 1.29 is 4.79 Å². The number of hydrogen-bond donors (Lipinski definition) is 0. The molecular weight excluding hydrogens is 278 g/mol. The Balaban J connectivity index is 1.71. The summed E-state index contributed by atoms with van der Waals surface area (Å²) in [4.78, 5) is 14.2. The summed E-state index contributed by atoms with van der Waals surface area (Å²) in [5.41, 5.74) is 0. The number of hydrogen-bond acceptors (Lipinski definition) is 1. The maximum Gasteiger partial charge on any atom is 0.222 e. The third kappa shape index (κ3) is 3.97. The van der Waals surface area contributed by atoms with E-state index in [1.807, 2.05) is 0 Å². The summed E-state index contributed by atoms with van der Waals surface area (Å²) in [6, 6.07) is 0. The summed E-state index contributed by atoms with van der Waals surface area (Å²) < 4.78 is 0. The fraction of sp³-hybridized carbons (Fsp3) is 0.929. The summed E-state index contributed by atoms with van der Waals surface area (Å²) >= 11 is 3.54. The second-order valence-electron chi connectivity index (χ2n) is 5.69. The first-order valence-electron chi connectivity index (χ1n) is 7.13. The molecule has 1 saturated carbocycles. The van der Waals surface area contributed by atoms with E-state index in [1.54, 1.807) is 0 Å². The first-order valence-corrected chi connectivity index (χ1v) is 8.25. The predicted molar refractivity (Wildman–Crippen MR) is 74.3 cm³/mol. The largest absolute Gasteiger partial charge is 0.342 e. The van der Waals surface area contributed by atoms with Gasteiger partial charge in [-0.15, -0.1) is 0 Å². The number of piperidine rings is 1. The van der Waals surface area contributed by atoms with Crippen molar-refractivity contribution in [1.82, 2.24) is 4.90 Å². The van der Waals surface area contributed by atoms with E-state index < -0.39 is 0 Å². The van der Waals surface area contributed by atoms with Gasteiger partial charge in [0.1, 0.15) is 0 Å². The summed E-state index contributed by atoms with van der Waals surface area (Å²) in [5, 5.41) is 1.04. The molecule has 0 spiro atoms. The van der Waals surface area contributed by atoms with Crippen molar-refractivity contribution in [3.63, 3.8) is 0 Å². The highest BCUT2D eigenvalue weighted by Crippen LogP contribution is 2.29. The van der Waals surface area contributed by atoms with Gasteiger partial charge >= 0.3 is 0 Å². The van der Waals surface area contributed by atoms with Crippen LogP contribution in [0.25, 0.3) is 0 Å². The number of carbonyl (C=O) groups excluding carboxylic acids is 1. The molecule has 3 heteroatoms. The van der Waals surface area contributed by atoms with Gasteiger partial charge < -0.3 is 4.90 Å². The molecule has 2 rings (SSSR count). The third-order valence-corrected chi connectivity index (χ3v) is 5.25. The number of rotatable bonds is 4. The number of likely N-dealkylation sites (tertiary alicyclic amines) is 1. The van der Waals surface area contributed by atoms with Gasteiger partial charge in [-0.3, -0.25) is 4.79 Å². The fourth-order valence-electron chi connectivity index (χ4n) is 3.20. The van der Waals surface area contributed by atoms with Gasteiger partial charge in [-0.25, -0.2) is 0 Å². The molecule has 0 aromatic carbocycles. The van der Waals surface area contributed by atoms with Crippen LogP contribution in [0.1, 0.15) is 51.4 Å². The number of halogens is 1. The third-order valence-electron chi connectivity index (χ3n) is 4.33. The van der Waals surface area contributed by atoms with Gasteiger partial charge in [-0.1, -0.05) is 41.6 Å². The van der Waals surface area contributed by atoms with Crippen LogP contribution in [0.2, 0.25) is 0 Å². The van der Waals surface area contributed by atoms with Gasteiger partial charge in [0.15, 0.2) is 0 Å². The van der Waals surface area contributed by atoms with E-state index >= 15 is 0 Å². The molecule has 0 aromatic heterocycles. The fourth-order valence-corrected chi connectivity index (χ4v) is 3.73. The molecule has 0 bridgehead atoms. The molecule has 1 aliphatic heterocycles. The highest BCUT2D eigenvalue weighted by Gasteiger charge is 2.24. The van der Waals surface area contributed by atoms with Crippen molar-refractivity contribution in [2.24, 2.45) is 11.8 Å². The molecule has 1 heterocycles. The van der Waals surface area contributed by atoms with Gasteiger partial charge in [-0.05, 0) is 31.1 Å². The minimum Gasteiger partial charge on any atom is -0.342 e. The standard InChI is InChI=1S/C14H24BrNO/c15-10-13-6-3-9-16(11-13)14(17)8-7-12-4-1-2-5-12/h12-13H,1-11H2. The lowest BCUT2D eigenvalue weighted by molar-refractivity contribution is -0.133. The zero-order chi connectivity index (χ0) is 12.1. The second-order valence-corrected chi connectivity index (χ2v) is 6.34. The Kier molecular flexibility index (Phi) is 5.33. The molecule has 17 heavy (non-hydrogen) atoms. The number of amides is 1. The summed E-state index contributed by atoms with van der Waals surface area (Å²) in [6.45, 7) is 1.97. The van der Waals surface area contributed by atoms with Gasteiger partial charge in [0, 0.05) is 24.8 Å². The van der Waals surface area contributed by atoms with Crippen LogP contribution in [0.4, 0.5) is 0 Å². The number of alkyl halides is 1. The minimum absolute atomic E-state index is 0.405. The van der Waals surface area contributed by atoms with Crippen LogP contribution in [-0.4, -0.2) is 29.2 Å². The second kappa shape index (κ2) is 6.77. The average Bonchev–Trinajstić information content (AvgIpc) is 2.89. The number of nitrogens with zero attached hydrogens (tertiary/aromatic N) is 1. The van der Waals surface area contributed by atoms with E-state index in [-0.39, 0.29) is 0 Å².